The summed E-state index contributed by atoms with van der Waals surface area (Å²) in [6.45, 7) is 7.67. The predicted octanol–water partition coefficient (Wildman–Crippen LogP) is 2.24. The van der Waals surface area contributed by atoms with Crippen LogP contribution in [0.4, 0.5) is 11.5 Å². The molecule has 0 aliphatic heterocycles. The summed E-state index contributed by atoms with van der Waals surface area (Å²) in [6.07, 6.45) is 0.869. The minimum absolute atomic E-state index is 0.0593. The normalized spacial score (nSPS) is 11.6. The highest BCUT2D eigenvalue weighted by molar-refractivity contribution is 5.60. The molecule has 0 spiro atoms. The number of hydrogen-bond acceptors (Lipinski definition) is 4. The summed E-state index contributed by atoms with van der Waals surface area (Å²) in [5.74, 6) is 0.467. The summed E-state index contributed by atoms with van der Waals surface area (Å²) in [7, 11) is 1.70. The number of nitrogens with one attached hydrogen (secondary N) is 1. The Morgan fingerprint density at radius 2 is 2.12 bits per heavy atom. The third kappa shape index (κ3) is 2.32. The van der Waals surface area contributed by atoms with Crippen molar-refractivity contribution >= 4 is 11.5 Å². The van der Waals surface area contributed by atoms with Gasteiger partial charge in [-0.15, -0.1) is 0 Å². The highest BCUT2D eigenvalue weighted by atomic mass is 16.6. The number of aryl methyl sites for hydroxylation is 2. The van der Waals surface area contributed by atoms with Gasteiger partial charge in [-0.05, 0) is 27.2 Å². The van der Waals surface area contributed by atoms with E-state index in [9.17, 15) is 10.1 Å². The highest BCUT2D eigenvalue weighted by Crippen LogP contribution is 2.30. The SMILES string of the molecule is CCC(C)(C)Nc1c([N+](=O)[O-])c(C)nn1C. The van der Waals surface area contributed by atoms with E-state index in [2.05, 4.69) is 10.4 Å². The molecular formula is C10H18N4O2. The van der Waals surface area contributed by atoms with Crippen molar-refractivity contribution in [1.29, 1.82) is 0 Å². The fourth-order valence-electron chi connectivity index (χ4n) is 1.41. The molecule has 0 aromatic carbocycles. The quantitative estimate of drug-likeness (QED) is 0.631. The van der Waals surface area contributed by atoms with E-state index in [1.165, 1.54) is 4.68 Å². The van der Waals surface area contributed by atoms with Gasteiger partial charge in [0, 0.05) is 12.6 Å². The number of nitro groups is 1. The molecule has 0 radical (unpaired) electrons. The van der Waals surface area contributed by atoms with Crippen LogP contribution >= 0.6 is 0 Å². The Bertz CT molecular complexity index is 409. The van der Waals surface area contributed by atoms with Crippen LogP contribution in [0.3, 0.4) is 0 Å². The van der Waals surface area contributed by atoms with Crippen LogP contribution < -0.4 is 5.32 Å². The van der Waals surface area contributed by atoms with Crippen LogP contribution in [0.2, 0.25) is 0 Å². The molecule has 16 heavy (non-hydrogen) atoms. The van der Waals surface area contributed by atoms with Crippen LogP contribution in [0, 0.1) is 17.0 Å². The molecule has 0 saturated heterocycles. The molecule has 1 heterocycles. The summed E-state index contributed by atoms with van der Waals surface area (Å²) in [5, 5.41) is 18.2. The van der Waals surface area contributed by atoms with Crippen molar-refractivity contribution in [3.05, 3.63) is 15.8 Å². The lowest BCUT2D eigenvalue weighted by atomic mass is 10.0. The topological polar surface area (TPSA) is 73.0 Å². The van der Waals surface area contributed by atoms with E-state index in [-0.39, 0.29) is 11.2 Å². The molecule has 0 unspecified atom stereocenters. The number of nitrogens with zero attached hydrogens (tertiary/aromatic N) is 3. The van der Waals surface area contributed by atoms with Gasteiger partial charge in [0.05, 0.1) is 4.92 Å². The van der Waals surface area contributed by atoms with Gasteiger partial charge in [0.1, 0.15) is 5.69 Å². The van der Waals surface area contributed by atoms with Gasteiger partial charge in [0.15, 0.2) is 0 Å². The van der Waals surface area contributed by atoms with Gasteiger partial charge in [-0.3, -0.25) is 10.1 Å². The molecule has 0 amide bonds. The van der Waals surface area contributed by atoms with E-state index in [0.29, 0.717) is 11.5 Å². The van der Waals surface area contributed by atoms with E-state index in [4.69, 9.17) is 0 Å². The summed E-state index contributed by atoms with van der Waals surface area (Å²) >= 11 is 0. The highest BCUT2D eigenvalue weighted by Gasteiger charge is 2.27. The third-order valence-electron chi connectivity index (χ3n) is 2.71. The Morgan fingerprint density at radius 3 is 2.56 bits per heavy atom. The van der Waals surface area contributed by atoms with Crippen LogP contribution in [0.25, 0.3) is 0 Å². The van der Waals surface area contributed by atoms with E-state index < -0.39 is 4.92 Å². The lowest BCUT2D eigenvalue weighted by Gasteiger charge is -2.25. The van der Waals surface area contributed by atoms with Crippen LogP contribution in [-0.2, 0) is 7.05 Å². The summed E-state index contributed by atoms with van der Waals surface area (Å²) in [6, 6.07) is 0. The van der Waals surface area contributed by atoms with Gasteiger partial charge in [-0.2, -0.15) is 5.10 Å². The van der Waals surface area contributed by atoms with Gasteiger partial charge >= 0.3 is 5.69 Å². The summed E-state index contributed by atoms with van der Waals surface area (Å²) < 4.78 is 1.52. The zero-order valence-corrected chi connectivity index (χ0v) is 10.4. The van der Waals surface area contributed by atoms with Crippen LogP contribution in [-0.4, -0.2) is 20.2 Å². The average Bonchev–Trinajstić information content (AvgIpc) is 2.41. The lowest BCUT2D eigenvalue weighted by Crippen LogP contribution is -2.31. The number of hydrogen-bond donors (Lipinski definition) is 1. The van der Waals surface area contributed by atoms with Gasteiger partial charge < -0.3 is 5.32 Å². The van der Waals surface area contributed by atoms with Crippen molar-refractivity contribution in [2.75, 3.05) is 5.32 Å². The maximum Gasteiger partial charge on any atom is 0.333 e. The van der Waals surface area contributed by atoms with E-state index in [1.807, 2.05) is 20.8 Å². The van der Waals surface area contributed by atoms with Gasteiger partial charge in [0.2, 0.25) is 5.82 Å². The van der Waals surface area contributed by atoms with Crippen molar-refractivity contribution in [2.45, 2.75) is 39.7 Å². The zero-order chi connectivity index (χ0) is 12.5. The van der Waals surface area contributed by atoms with E-state index in [0.717, 1.165) is 6.42 Å². The van der Waals surface area contributed by atoms with Gasteiger partial charge in [-0.25, -0.2) is 4.68 Å². The molecule has 1 aromatic rings. The molecule has 6 nitrogen and oxygen atoms in total. The standard InChI is InChI=1S/C10H18N4O2/c1-6-10(3,4)11-9-8(14(15)16)7(2)12-13(9)5/h11H,6H2,1-5H3. The first-order valence-corrected chi connectivity index (χ1v) is 5.24. The second-order valence-corrected chi connectivity index (χ2v) is 4.53. The monoisotopic (exact) mass is 226 g/mol. The first-order valence-electron chi connectivity index (χ1n) is 5.24. The molecule has 0 aliphatic rings. The van der Waals surface area contributed by atoms with Crippen molar-refractivity contribution in [1.82, 2.24) is 9.78 Å². The second-order valence-electron chi connectivity index (χ2n) is 4.53. The lowest BCUT2D eigenvalue weighted by molar-refractivity contribution is -0.384. The largest absolute Gasteiger partial charge is 0.360 e. The van der Waals surface area contributed by atoms with Crippen molar-refractivity contribution in [3.8, 4) is 0 Å². The van der Waals surface area contributed by atoms with Crippen molar-refractivity contribution in [2.24, 2.45) is 7.05 Å². The first kappa shape index (κ1) is 12.5. The van der Waals surface area contributed by atoms with Crippen LogP contribution in [0.1, 0.15) is 32.9 Å². The Morgan fingerprint density at radius 1 is 1.56 bits per heavy atom. The Kier molecular flexibility index (Phi) is 3.21. The third-order valence-corrected chi connectivity index (χ3v) is 2.71. The number of anilines is 1. The number of rotatable bonds is 4. The molecule has 0 atom stereocenters. The summed E-state index contributed by atoms with van der Waals surface area (Å²) in [5.41, 5.74) is 0.302. The molecule has 90 valence electrons. The molecule has 0 bridgehead atoms. The second kappa shape index (κ2) is 4.11. The molecular weight excluding hydrogens is 208 g/mol. The first-order chi connectivity index (χ1) is 7.28. The zero-order valence-electron chi connectivity index (χ0n) is 10.4. The maximum absolute atomic E-state index is 10.9. The fraction of sp³-hybridized carbons (Fsp3) is 0.700. The average molecular weight is 226 g/mol. The van der Waals surface area contributed by atoms with Crippen molar-refractivity contribution in [3.63, 3.8) is 0 Å². The van der Waals surface area contributed by atoms with Crippen LogP contribution in [0.15, 0.2) is 0 Å². The fourth-order valence-corrected chi connectivity index (χ4v) is 1.41. The minimum Gasteiger partial charge on any atom is -0.360 e. The Labute approximate surface area is 94.8 Å². The molecule has 1 rings (SSSR count). The Balaban J connectivity index is 3.18. The van der Waals surface area contributed by atoms with E-state index >= 15 is 0 Å². The van der Waals surface area contributed by atoms with Crippen molar-refractivity contribution < 1.29 is 4.92 Å². The maximum atomic E-state index is 10.9. The summed E-state index contributed by atoms with van der Waals surface area (Å²) in [4.78, 5) is 10.5. The Hall–Kier alpha value is -1.59. The molecule has 0 fully saturated rings. The number of aromatic nitrogens is 2. The molecule has 0 aliphatic carbocycles. The molecule has 1 N–H and O–H groups in total. The van der Waals surface area contributed by atoms with Crippen LogP contribution in [0.5, 0.6) is 0 Å². The predicted molar refractivity (Wildman–Crippen MR) is 62.6 cm³/mol. The molecule has 1 aromatic heterocycles. The molecule has 6 heteroatoms. The van der Waals surface area contributed by atoms with Gasteiger partial charge in [0.25, 0.3) is 0 Å². The molecule has 0 saturated carbocycles. The van der Waals surface area contributed by atoms with Gasteiger partial charge in [-0.1, -0.05) is 6.92 Å². The minimum atomic E-state index is -0.392. The smallest absolute Gasteiger partial charge is 0.333 e. The van der Waals surface area contributed by atoms with E-state index in [1.54, 1.807) is 14.0 Å².